The van der Waals surface area contributed by atoms with Gasteiger partial charge in [-0.15, -0.1) is 0 Å². The van der Waals surface area contributed by atoms with Crippen LogP contribution in [0.25, 0.3) is 0 Å². The smallest absolute Gasteiger partial charge is 0.303 e. The van der Waals surface area contributed by atoms with Crippen molar-refractivity contribution in [3.05, 3.63) is 0 Å². The number of unbranched alkanes of at least 4 members (excludes halogenated alkanes) is 2. The van der Waals surface area contributed by atoms with Crippen molar-refractivity contribution in [3.8, 4) is 0 Å². The van der Waals surface area contributed by atoms with Gasteiger partial charge in [0.2, 0.25) is 0 Å². The zero-order chi connectivity index (χ0) is 9.68. The molecule has 0 heterocycles. The van der Waals surface area contributed by atoms with E-state index in [-0.39, 0.29) is 0 Å². The van der Waals surface area contributed by atoms with Crippen LogP contribution in [0.5, 0.6) is 0 Å². The molecule has 1 fully saturated rings. The molecule has 13 heavy (non-hydrogen) atoms. The van der Waals surface area contributed by atoms with Crippen LogP contribution >= 0.6 is 0 Å². The van der Waals surface area contributed by atoms with Gasteiger partial charge in [0.15, 0.2) is 0 Å². The van der Waals surface area contributed by atoms with Gasteiger partial charge in [-0.1, -0.05) is 13.3 Å². The summed E-state index contributed by atoms with van der Waals surface area (Å²) < 4.78 is 0. The highest BCUT2D eigenvalue weighted by Gasteiger charge is 2.31. The van der Waals surface area contributed by atoms with E-state index in [4.69, 9.17) is 5.11 Å². The van der Waals surface area contributed by atoms with Gasteiger partial charge in [-0.2, -0.15) is 0 Å². The van der Waals surface area contributed by atoms with E-state index in [2.05, 4.69) is 12.2 Å². The summed E-state index contributed by atoms with van der Waals surface area (Å²) in [5.41, 5.74) is 0. The SMILES string of the molecule is CC1CC1NCCCCCC(=O)O. The highest BCUT2D eigenvalue weighted by Crippen LogP contribution is 2.28. The molecule has 1 rings (SSSR count). The first-order valence-electron chi connectivity index (χ1n) is 5.15. The third kappa shape index (κ3) is 4.88. The first-order chi connectivity index (χ1) is 6.20. The van der Waals surface area contributed by atoms with Crippen LogP contribution < -0.4 is 5.32 Å². The molecule has 0 spiro atoms. The molecule has 1 aliphatic rings. The zero-order valence-corrected chi connectivity index (χ0v) is 8.25. The fourth-order valence-corrected chi connectivity index (χ4v) is 1.47. The summed E-state index contributed by atoms with van der Waals surface area (Å²) in [7, 11) is 0. The van der Waals surface area contributed by atoms with Crippen LogP contribution in [0.1, 0.15) is 39.0 Å². The number of nitrogens with one attached hydrogen (secondary N) is 1. The summed E-state index contributed by atoms with van der Waals surface area (Å²) in [5.74, 6) is 0.183. The van der Waals surface area contributed by atoms with Gasteiger partial charge in [0.1, 0.15) is 0 Å². The standard InChI is InChI=1S/C10H19NO2/c1-8-7-9(8)11-6-4-2-3-5-10(12)13/h8-9,11H,2-7H2,1H3,(H,12,13). The lowest BCUT2D eigenvalue weighted by atomic mass is 10.2. The van der Waals surface area contributed by atoms with Crippen LogP contribution in [0.3, 0.4) is 0 Å². The van der Waals surface area contributed by atoms with E-state index in [1.165, 1.54) is 6.42 Å². The van der Waals surface area contributed by atoms with E-state index in [1.54, 1.807) is 0 Å². The average molecular weight is 185 g/mol. The molecule has 0 aromatic heterocycles. The van der Waals surface area contributed by atoms with Crippen LogP contribution in [0.4, 0.5) is 0 Å². The van der Waals surface area contributed by atoms with Gasteiger partial charge in [0, 0.05) is 12.5 Å². The predicted molar refractivity (Wildman–Crippen MR) is 51.7 cm³/mol. The number of rotatable bonds is 7. The molecule has 2 atom stereocenters. The van der Waals surface area contributed by atoms with Crippen molar-refractivity contribution < 1.29 is 9.90 Å². The number of carbonyl (C=O) groups is 1. The van der Waals surface area contributed by atoms with Crippen LogP contribution in [-0.2, 0) is 4.79 Å². The Balaban J connectivity index is 1.77. The third-order valence-electron chi connectivity index (χ3n) is 2.58. The Labute approximate surface area is 79.5 Å². The molecule has 1 saturated carbocycles. The van der Waals surface area contributed by atoms with E-state index < -0.39 is 5.97 Å². The van der Waals surface area contributed by atoms with Crippen molar-refractivity contribution >= 4 is 5.97 Å². The van der Waals surface area contributed by atoms with Gasteiger partial charge in [-0.25, -0.2) is 0 Å². The molecule has 0 saturated heterocycles. The second-order valence-electron chi connectivity index (χ2n) is 3.98. The molecule has 76 valence electrons. The summed E-state index contributed by atoms with van der Waals surface area (Å²) >= 11 is 0. The molecule has 1 aliphatic carbocycles. The monoisotopic (exact) mass is 185 g/mol. The van der Waals surface area contributed by atoms with E-state index in [1.807, 2.05) is 0 Å². The predicted octanol–water partition coefficient (Wildman–Crippen LogP) is 1.63. The summed E-state index contributed by atoms with van der Waals surface area (Å²) in [5, 5.41) is 11.8. The highest BCUT2D eigenvalue weighted by molar-refractivity contribution is 5.66. The number of hydrogen-bond donors (Lipinski definition) is 2. The van der Waals surface area contributed by atoms with Crippen molar-refractivity contribution in [1.29, 1.82) is 0 Å². The van der Waals surface area contributed by atoms with Gasteiger partial charge in [0.25, 0.3) is 0 Å². The third-order valence-corrected chi connectivity index (χ3v) is 2.58. The van der Waals surface area contributed by atoms with Crippen molar-refractivity contribution in [1.82, 2.24) is 5.32 Å². The maximum Gasteiger partial charge on any atom is 0.303 e. The fourth-order valence-electron chi connectivity index (χ4n) is 1.47. The highest BCUT2D eigenvalue weighted by atomic mass is 16.4. The van der Waals surface area contributed by atoms with E-state index in [0.29, 0.717) is 6.42 Å². The molecule has 0 radical (unpaired) electrons. The molecule has 2 N–H and O–H groups in total. The molecule has 3 heteroatoms. The first kappa shape index (κ1) is 10.5. The largest absolute Gasteiger partial charge is 0.481 e. The van der Waals surface area contributed by atoms with Gasteiger partial charge < -0.3 is 10.4 Å². The second kappa shape index (κ2) is 5.22. The number of carboxylic acids is 1. The minimum atomic E-state index is -0.677. The summed E-state index contributed by atoms with van der Waals surface area (Å²) in [6.07, 6.45) is 4.59. The van der Waals surface area contributed by atoms with Crippen LogP contribution in [-0.4, -0.2) is 23.7 Å². The lowest BCUT2D eigenvalue weighted by Crippen LogP contribution is -2.18. The van der Waals surface area contributed by atoms with Crippen molar-refractivity contribution in [2.24, 2.45) is 5.92 Å². The summed E-state index contributed by atoms with van der Waals surface area (Å²) in [4.78, 5) is 10.2. The minimum Gasteiger partial charge on any atom is -0.481 e. The van der Waals surface area contributed by atoms with Crippen molar-refractivity contribution in [2.45, 2.75) is 45.1 Å². The Morgan fingerprint density at radius 2 is 2.15 bits per heavy atom. The Bertz CT molecular complexity index is 170. The Kier molecular flexibility index (Phi) is 4.22. The Hall–Kier alpha value is -0.570. The van der Waals surface area contributed by atoms with E-state index in [9.17, 15) is 4.79 Å². The van der Waals surface area contributed by atoms with Gasteiger partial charge in [-0.3, -0.25) is 4.79 Å². The van der Waals surface area contributed by atoms with E-state index in [0.717, 1.165) is 37.8 Å². The Morgan fingerprint density at radius 1 is 1.46 bits per heavy atom. The zero-order valence-electron chi connectivity index (χ0n) is 8.25. The molecule has 3 nitrogen and oxygen atoms in total. The molecule has 0 aliphatic heterocycles. The van der Waals surface area contributed by atoms with E-state index >= 15 is 0 Å². The van der Waals surface area contributed by atoms with Crippen molar-refractivity contribution in [3.63, 3.8) is 0 Å². The average Bonchev–Trinajstić information content (AvgIpc) is 2.74. The molecule has 0 amide bonds. The van der Waals surface area contributed by atoms with Crippen LogP contribution in [0.15, 0.2) is 0 Å². The first-order valence-corrected chi connectivity index (χ1v) is 5.15. The summed E-state index contributed by atoms with van der Waals surface area (Å²) in [6.45, 7) is 3.30. The number of hydrogen-bond acceptors (Lipinski definition) is 2. The fraction of sp³-hybridized carbons (Fsp3) is 0.900. The number of carboxylic acid groups (broad SMARTS) is 1. The van der Waals surface area contributed by atoms with Crippen molar-refractivity contribution in [2.75, 3.05) is 6.54 Å². The van der Waals surface area contributed by atoms with Crippen LogP contribution in [0, 0.1) is 5.92 Å². The number of aliphatic carboxylic acids is 1. The van der Waals surface area contributed by atoms with Gasteiger partial charge in [-0.05, 0) is 31.7 Å². The quantitative estimate of drug-likeness (QED) is 0.593. The summed E-state index contributed by atoms with van der Waals surface area (Å²) in [6, 6.07) is 0.750. The molecule has 0 aromatic rings. The second-order valence-corrected chi connectivity index (χ2v) is 3.98. The maximum absolute atomic E-state index is 10.2. The topological polar surface area (TPSA) is 49.3 Å². The minimum absolute atomic E-state index is 0.319. The maximum atomic E-state index is 10.2. The molecular weight excluding hydrogens is 166 g/mol. The molecule has 0 aromatic carbocycles. The lowest BCUT2D eigenvalue weighted by molar-refractivity contribution is -0.137. The van der Waals surface area contributed by atoms with Gasteiger partial charge in [0.05, 0.1) is 0 Å². The van der Waals surface area contributed by atoms with Crippen LogP contribution in [0.2, 0.25) is 0 Å². The molecule has 2 unspecified atom stereocenters. The van der Waals surface area contributed by atoms with Gasteiger partial charge >= 0.3 is 5.97 Å². The normalized spacial score (nSPS) is 25.9. The lowest BCUT2D eigenvalue weighted by Gasteiger charge is -2.01. The molecule has 0 bridgehead atoms. The molecular formula is C10H19NO2. The Morgan fingerprint density at radius 3 is 2.69 bits per heavy atom.